The molecule has 108 valence electrons. The average Bonchev–Trinajstić information content (AvgIpc) is 3.13. The van der Waals surface area contributed by atoms with Crippen molar-refractivity contribution in [3.63, 3.8) is 0 Å². The van der Waals surface area contributed by atoms with Gasteiger partial charge >= 0.3 is 0 Å². The van der Waals surface area contributed by atoms with Gasteiger partial charge in [-0.05, 0) is 12.8 Å². The number of nitriles is 1. The predicted molar refractivity (Wildman–Crippen MR) is 77.4 cm³/mol. The largest absolute Gasteiger partial charge is 0.345 e. The van der Waals surface area contributed by atoms with Gasteiger partial charge in [-0.3, -0.25) is 9.80 Å². The summed E-state index contributed by atoms with van der Waals surface area (Å²) in [7, 11) is 0. The predicted octanol–water partition coefficient (Wildman–Crippen LogP) is 2.19. The lowest BCUT2D eigenvalue weighted by Gasteiger charge is -2.39. The maximum Gasteiger partial charge on any atom is 0.152 e. The molecule has 0 aromatic carbocycles. The number of nitrogens with one attached hydrogen (secondary N) is 1. The molecule has 1 atom stereocenters. The van der Waals surface area contributed by atoms with Gasteiger partial charge in [0.1, 0.15) is 6.04 Å². The van der Waals surface area contributed by atoms with E-state index in [0.717, 1.165) is 37.9 Å². The molecule has 0 amide bonds. The fourth-order valence-corrected chi connectivity index (χ4v) is 3.64. The summed E-state index contributed by atoms with van der Waals surface area (Å²) in [4.78, 5) is 11.8. The van der Waals surface area contributed by atoms with Crippen LogP contribution in [0, 0.1) is 11.3 Å². The molecule has 1 N–H and O–H groups in total. The van der Waals surface area contributed by atoms with E-state index in [-0.39, 0.29) is 6.04 Å². The van der Waals surface area contributed by atoms with E-state index in [9.17, 15) is 5.26 Å². The number of halogens is 1. The summed E-state index contributed by atoms with van der Waals surface area (Å²) in [5, 5.41) is 9.85. The van der Waals surface area contributed by atoms with Gasteiger partial charge in [-0.1, -0.05) is 24.4 Å². The van der Waals surface area contributed by atoms with E-state index in [4.69, 9.17) is 11.6 Å². The van der Waals surface area contributed by atoms with Crippen LogP contribution in [-0.2, 0) is 0 Å². The molecule has 2 heterocycles. The molecule has 1 saturated carbocycles. The van der Waals surface area contributed by atoms with Gasteiger partial charge in [0.15, 0.2) is 5.15 Å². The molecule has 6 heteroatoms. The van der Waals surface area contributed by atoms with Crippen LogP contribution in [0.5, 0.6) is 0 Å². The molecule has 5 nitrogen and oxygen atoms in total. The Kier molecular flexibility index (Phi) is 4.25. The number of H-pyrrole nitrogens is 1. The Morgan fingerprint density at radius 3 is 2.55 bits per heavy atom. The summed E-state index contributed by atoms with van der Waals surface area (Å²) in [6.07, 6.45) is 6.98. The number of piperazine rings is 1. The first-order valence-electron chi connectivity index (χ1n) is 7.36. The van der Waals surface area contributed by atoms with Gasteiger partial charge in [0.2, 0.25) is 0 Å². The minimum absolute atomic E-state index is 0.310. The minimum atomic E-state index is -0.310. The van der Waals surface area contributed by atoms with Crippen molar-refractivity contribution < 1.29 is 0 Å². The molecule has 1 unspecified atom stereocenters. The van der Waals surface area contributed by atoms with Crippen molar-refractivity contribution in [2.45, 2.75) is 37.8 Å². The highest BCUT2D eigenvalue weighted by Crippen LogP contribution is 2.28. The second kappa shape index (κ2) is 6.13. The maximum absolute atomic E-state index is 9.44. The van der Waals surface area contributed by atoms with Crippen molar-refractivity contribution in [3.8, 4) is 6.07 Å². The third-order valence-electron chi connectivity index (χ3n) is 4.57. The minimum Gasteiger partial charge on any atom is -0.345 e. The van der Waals surface area contributed by atoms with E-state index < -0.39 is 0 Å². The summed E-state index contributed by atoms with van der Waals surface area (Å²) in [6.45, 7) is 3.94. The fraction of sp³-hybridized carbons (Fsp3) is 0.714. The lowest BCUT2D eigenvalue weighted by atomic mass is 10.1. The van der Waals surface area contributed by atoms with Gasteiger partial charge < -0.3 is 4.98 Å². The second-order valence-electron chi connectivity index (χ2n) is 5.65. The highest BCUT2D eigenvalue weighted by molar-refractivity contribution is 6.30. The smallest absolute Gasteiger partial charge is 0.152 e. The van der Waals surface area contributed by atoms with E-state index in [1.165, 1.54) is 25.7 Å². The van der Waals surface area contributed by atoms with Gasteiger partial charge in [0.25, 0.3) is 0 Å². The third-order valence-corrected chi connectivity index (χ3v) is 4.87. The first kappa shape index (κ1) is 13.9. The molecule has 1 aliphatic heterocycles. The molecule has 1 aromatic heterocycles. The molecule has 3 rings (SSSR count). The SMILES string of the molecule is N#CC(c1[nH]cnc1Cl)N1CCN(C2CCCC2)CC1. The Hall–Kier alpha value is -1.09. The Labute approximate surface area is 124 Å². The summed E-state index contributed by atoms with van der Waals surface area (Å²) in [5.74, 6) is 0. The highest BCUT2D eigenvalue weighted by Gasteiger charge is 2.30. The molecule has 20 heavy (non-hydrogen) atoms. The third kappa shape index (κ3) is 2.69. The van der Waals surface area contributed by atoms with Gasteiger partial charge in [-0.15, -0.1) is 0 Å². The van der Waals surface area contributed by atoms with Crippen LogP contribution >= 0.6 is 11.6 Å². The number of hydrogen-bond acceptors (Lipinski definition) is 4. The van der Waals surface area contributed by atoms with Gasteiger partial charge in [-0.2, -0.15) is 5.26 Å². The topological polar surface area (TPSA) is 59.0 Å². The van der Waals surface area contributed by atoms with Crippen molar-refractivity contribution >= 4 is 11.6 Å². The number of aromatic amines is 1. The van der Waals surface area contributed by atoms with Crippen molar-refractivity contribution in [3.05, 3.63) is 17.2 Å². The monoisotopic (exact) mass is 293 g/mol. The summed E-state index contributed by atoms with van der Waals surface area (Å²) >= 11 is 6.03. The van der Waals surface area contributed by atoms with Crippen LogP contribution < -0.4 is 0 Å². The summed E-state index contributed by atoms with van der Waals surface area (Å²) in [6, 6.07) is 2.81. The standard InChI is InChI=1S/C14H20ClN5/c15-14-13(17-10-18-14)12(9-16)20-7-5-19(6-8-20)11-3-1-2-4-11/h10-12H,1-8H2,(H,17,18). The zero-order valence-electron chi connectivity index (χ0n) is 11.6. The molecule has 1 saturated heterocycles. The quantitative estimate of drug-likeness (QED) is 0.928. The van der Waals surface area contributed by atoms with Crippen LogP contribution in [0.25, 0.3) is 0 Å². The molecular formula is C14H20ClN5. The van der Waals surface area contributed by atoms with Crippen molar-refractivity contribution in [1.82, 2.24) is 19.8 Å². The van der Waals surface area contributed by atoms with Crippen LogP contribution in [0.3, 0.4) is 0 Å². The molecule has 1 aliphatic carbocycles. The van der Waals surface area contributed by atoms with E-state index in [1.54, 1.807) is 6.33 Å². The van der Waals surface area contributed by atoms with Crippen molar-refractivity contribution in [2.24, 2.45) is 0 Å². The summed E-state index contributed by atoms with van der Waals surface area (Å²) < 4.78 is 0. The molecule has 0 bridgehead atoms. The number of rotatable bonds is 3. The van der Waals surface area contributed by atoms with Crippen LogP contribution in [0.1, 0.15) is 37.4 Å². The Morgan fingerprint density at radius 2 is 2.00 bits per heavy atom. The van der Waals surface area contributed by atoms with Crippen LogP contribution in [0.2, 0.25) is 5.15 Å². The zero-order chi connectivity index (χ0) is 13.9. The van der Waals surface area contributed by atoms with E-state index in [1.807, 2.05) is 0 Å². The Morgan fingerprint density at radius 1 is 1.30 bits per heavy atom. The van der Waals surface area contributed by atoms with Gasteiger partial charge in [0.05, 0.1) is 18.1 Å². The van der Waals surface area contributed by atoms with Crippen molar-refractivity contribution in [2.75, 3.05) is 26.2 Å². The first-order chi connectivity index (χ1) is 9.79. The Bertz CT molecular complexity index is 480. The second-order valence-corrected chi connectivity index (χ2v) is 6.01. The molecule has 0 spiro atoms. The zero-order valence-corrected chi connectivity index (χ0v) is 12.3. The van der Waals surface area contributed by atoms with Crippen LogP contribution in [0.4, 0.5) is 0 Å². The maximum atomic E-state index is 9.44. The Balaban J connectivity index is 1.62. The van der Waals surface area contributed by atoms with Gasteiger partial charge in [-0.25, -0.2) is 4.98 Å². The normalized spacial score (nSPS) is 23.8. The van der Waals surface area contributed by atoms with Crippen LogP contribution in [-0.4, -0.2) is 52.0 Å². The molecule has 0 radical (unpaired) electrons. The number of nitrogens with zero attached hydrogens (tertiary/aromatic N) is 4. The van der Waals surface area contributed by atoms with E-state index in [2.05, 4.69) is 25.8 Å². The highest BCUT2D eigenvalue weighted by atomic mass is 35.5. The fourth-order valence-electron chi connectivity index (χ4n) is 3.44. The van der Waals surface area contributed by atoms with Gasteiger partial charge in [0, 0.05) is 32.2 Å². The summed E-state index contributed by atoms with van der Waals surface area (Å²) in [5.41, 5.74) is 0.725. The van der Waals surface area contributed by atoms with E-state index >= 15 is 0 Å². The number of aromatic nitrogens is 2. The molecule has 2 fully saturated rings. The molecule has 1 aromatic rings. The first-order valence-corrected chi connectivity index (χ1v) is 7.74. The molecule has 2 aliphatic rings. The lowest BCUT2D eigenvalue weighted by molar-refractivity contribution is 0.0832. The van der Waals surface area contributed by atoms with E-state index in [0.29, 0.717) is 5.15 Å². The number of hydrogen-bond donors (Lipinski definition) is 1. The average molecular weight is 294 g/mol. The van der Waals surface area contributed by atoms with Crippen LogP contribution in [0.15, 0.2) is 6.33 Å². The lowest BCUT2D eigenvalue weighted by Crippen LogP contribution is -2.50. The number of imidazole rings is 1. The van der Waals surface area contributed by atoms with Crippen molar-refractivity contribution in [1.29, 1.82) is 5.26 Å². The molecular weight excluding hydrogens is 274 g/mol.